The highest BCUT2D eigenvalue weighted by molar-refractivity contribution is 5.90. The summed E-state index contributed by atoms with van der Waals surface area (Å²) in [5.74, 6) is 1.50. The number of amides is 2. The fourth-order valence-electron chi connectivity index (χ4n) is 4.41. The summed E-state index contributed by atoms with van der Waals surface area (Å²) in [4.78, 5) is 26.0. The van der Waals surface area contributed by atoms with E-state index in [1.807, 2.05) is 0 Å². The first-order valence-corrected chi connectivity index (χ1v) is 10.8. The molecule has 1 fully saturated rings. The fraction of sp³-hybridized carbons (Fsp3) is 0.391. The molecule has 3 heterocycles. The lowest BCUT2D eigenvalue weighted by atomic mass is 10.1. The summed E-state index contributed by atoms with van der Waals surface area (Å²) in [6.07, 6.45) is 1.78. The maximum atomic E-state index is 12.3. The lowest BCUT2D eigenvalue weighted by Crippen LogP contribution is -2.41. The minimum absolute atomic E-state index is 0.0667. The SMILES string of the molecule is O=C1CCC(C(=O)NCc2nnc3n2CCN(Cc2ccc4ccccc4c2)CC3)N1. The summed E-state index contributed by atoms with van der Waals surface area (Å²) >= 11 is 0. The zero-order valence-electron chi connectivity index (χ0n) is 17.4. The average Bonchev–Trinajstić information content (AvgIpc) is 3.34. The molecule has 0 bridgehead atoms. The minimum atomic E-state index is -0.434. The molecule has 8 heteroatoms. The summed E-state index contributed by atoms with van der Waals surface area (Å²) in [5, 5.41) is 16.8. The van der Waals surface area contributed by atoms with Crippen molar-refractivity contribution in [3.05, 3.63) is 59.7 Å². The van der Waals surface area contributed by atoms with Gasteiger partial charge >= 0.3 is 0 Å². The van der Waals surface area contributed by atoms with Gasteiger partial charge in [-0.2, -0.15) is 0 Å². The molecular weight excluding hydrogens is 392 g/mol. The lowest BCUT2D eigenvalue weighted by molar-refractivity contribution is -0.125. The van der Waals surface area contributed by atoms with Crippen molar-refractivity contribution in [3.63, 3.8) is 0 Å². The van der Waals surface area contributed by atoms with Crippen molar-refractivity contribution >= 4 is 22.6 Å². The quantitative estimate of drug-likeness (QED) is 0.653. The van der Waals surface area contributed by atoms with E-state index in [0.717, 1.165) is 44.2 Å². The third kappa shape index (κ3) is 4.29. The minimum Gasteiger partial charge on any atom is -0.347 e. The van der Waals surface area contributed by atoms with Gasteiger partial charge in [0, 0.05) is 39.0 Å². The predicted molar refractivity (Wildman–Crippen MR) is 116 cm³/mol. The number of rotatable bonds is 5. The molecule has 0 radical (unpaired) electrons. The van der Waals surface area contributed by atoms with Gasteiger partial charge in [0.25, 0.3) is 0 Å². The maximum absolute atomic E-state index is 12.3. The van der Waals surface area contributed by atoms with Gasteiger partial charge in [-0.1, -0.05) is 36.4 Å². The van der Waals surface area contributed by atoms with Crippen LogP contribution < -0.4 is 10.6 Å². The van der Waals surface area contributed by atoms with Crippen LogP contribution in [-0.2, 0) is 35.6 Å². The van der Waals surface area contributed by atoms with E-state index in [1.54, 1.807) is 0 Å². The van der Waals surface area contributed by atoms with Crippen LogP contribution in [0.2, 0.25) is 0 Å². The number of hydrogen-bond donors (Lipinski definition) is 2. The number of carbonyl (C=O) groups excluding carboxylic acids is 2. The number of fused-ring (bicyclic) bond motifs is 2. The molecule has 2 amide bonds. The Labute approximate surface area is 180 Å². The number of benzene rings is 2. The molecule has 1 saturated heterocycles. The van der Waals surface area contributed by atoms with E-state index in [9.17, 15) is 9.59 Å². The van der Waals surface area contributed by atoms with Gasteiger partial charge in [0.2, 0.25) is 11.8 Å². The summed E-state index contributed by atoms with van der Waals surface area (Å²) in [7, 11) is 0. The largest absolute Gasteiger partial charge is 0.347 e. The zero-order valence-corrected chi connectivity index (χ0v) is 17.4. The van der Waals surface area contributed by atoms with Gasteiger partial charge in [-0.25, -0.2) is 0 Å². The van der Waals surface area contributed by atoms with E-state index < -0.39 is 6.04 Å². The van der Waals surface area contributed by atoms with Crippen LogP contribution in [0.1, 0.15) is 30.1 Å². The Morgan fingerprint density at radius 1 is 1.06 bits per heavy atom. The number of nitrogens with zero attached hydrogens (tertiary/aromatic N) is 4. The summed E-state index contributed by atoms with van der Waals surface area (Å²) in [6.45, 7) is 3.84. The van der Waals surface area contributed by atoms with Gasteiger partial charge in [0.1, 0.15) is 11.9 Å². The topological polar surface area (TPSA) is 92.1 Å². The molecule has 0 saturated carbocycles. The molecule has 1 atom stereocenters. The molecule has 2 aromatic carbocycles. The Morgan fingerprint density at radius 2 is 1.94 bits per heavy atom. The van der Waals surface area contributed by atoms with Crippen molar-refractivity contribution in [2.24, 2.45) is 0 Å². The van der Waals surface area contributed by atoms with E-state index in [2.05, 4.69) is 72.8 Å². The van der Waals surface area contributed by atoms with Gasteiger partial charge < -0.3 is 15.2 Å². The lowest BCUT2D eigenvalue weighted by Gasteiger charge is -2.20. The Kier molecular flexibility index (Phi) is 5.38. The van der Waals surface area contributed by atoms with Crippen LogP contribution in [0.25, 0.3) is 10.8 Å². The molecule has 2 aliphatic heterocycles. The number of nitrogens with one attached hydrogen (secondary N) is 2. The first-order chi connectivity index (χ1) is 15.2. The Bertz CT molecular complexity index is 1120. The molecule has 5 rings (SSSR count). The standard InChI is InChI=1S/C23H26N6O2/c30-22-8-7-19(25-22)23(31)24-14-21-27-26-20-9-10-28(11-12-29(20)21)15-16-5-6-17-3-1-2-4-18(17)13-16/h1-6,13,19H,7-12,14-15H2,(H,24,31)(H,25,30). The van der Waals surface area contributed by atoms with Crippen LogP contribution >= 0.6 is 0 Å². The molecule has 3 aromatic rings. The third-order valence-electron chi connectivity index (χ3n) is 6.15. The molecule has 31 heavy (non-hydrogen) atoms. The fourth-order valence-corrected chi connectivity index (χ4v) is 4.41. The summed E-state index contributed by atoms with van der Waals surface area (Å²) in [5.41, 5.74) is 1.31. The first-order valence-electron chi connectivity index (χ1n) is 10.8. The van der Waals surface area contributed by atoms with Crippen LogP contribution in [0.4, 0.5) is 0 Å². The van der Waals surface area contributed by atoms with Crippen molar-refractivity contribution < 1.29 is 9.59 Å². The van der Waals surface area contributed by atoms with E-state index in [-0.39, 0.29) is 11.8 Å². The molecule has 0 spiro atoms. The van der Waals surface area contributed by atoms with E-state index >= 15 is 0 Å². The van der Waals surface area contributed by atoms with Crippen LogP contribution in [0, 0.1) is 0 Å². The Morgan fingerprint density at radius 3 is 2.77 bits per heavy atom. The molecule has 8 nitrogen and oxygen atoms in total. The van der Waals surface area contributed by atoms with Crippen molar-refractivity contribution in [3.8, 4) is 0 Å². The highest BCUT2D eigenvalue weighted by Crippen LogP contribution is 2.18. The van der Waals surface area contributed by atoms with Crippen molar-refractivity contribution in [2.75, 3.05) is 13.1 Å². The second-order valence-electron chi connectivity index (χ2n) is 8.27. The highest BCUT2D eigenvalue weighted by Gasteiger charge is 2.27. The van der Waals surface area contributed by atoms with E-state index in [1.165, 1.54) is 16.3 Å². The molecule has 1 aromatic heterocycles. The van der Waals surface area contributed by atoms with Crippen molar-refractivity contribution in [1.82, 2.24) is 30.3 Å². The first kappa shape index (κ1) is 19.7. The molecule has 160 valence electrons. The normalized spacial score (nSPS) is 19.1. The highest BCUT2D eigenvalue weighted by atomic mass is 16.2. The molecule has 2 aliphatic rings. The Balaban J connectivity index is 1.20. The molecular formula is C23H26N6O2. The summed E-state index contributed by atoms with van der Waals surface area (Å²) in [6, 6.07) is 14.7. The van der Waals surface area contributed by atoms with Crippen LogP contribution in [0.3, 0.4) is 0 Å². The van der Waals surface area contributed by atoms with Crippen molar-refractivity contribution in [1.29, 1.82) is 0 Å². The number of carbonyl (C=O) groups is 2. The Hall–Kier alpha value is -3.26. The number of aromatic nitrogens is 3. The smallest absolute Gasteiger partial charge is 0.242 e. The van der Waals surface area contributed by atoms with Gasteiger partial charge in [-0.3, -0.25) is 14.5 Å². The van der Waals surface area contributed by atoms with Crippen LogP contribution in [0.15, 0.2) is 42.5 Å². The van der Waals surface area contributed by atoms with Crippen LogP contribution in [-0.4, -0.2) is 50.6 Å². The monoisotopic (exact) mass is 418 g/mol. The van der Waals surface area contributed by atoms with E-state index in [0.29, 0.717) is 19.4 Å². The van der Waals surface area contributed by atoms with Gasteiger partial charge in [0.05, 0.1) is 6.54 Å². The molecule has 2 N–H and O–H groups in total. The molecule has 1 unspecified atom stereocenters. The average molecular weight is 419 g/mol. The third-order valence-corrected chi connectivity index (χ3v) is 6.15. The van der Waals surface area contributed by atoms with E-state index in [4.69, 9.17) is 0 Å². The molecule has 0 aliphatic carbocycles. The summed E-state index contributed by atoms with van der Waals surface area (Å²) < 4.78 is 2.12. The maximum Gasteiger partial charge on any atom is 0.242 e. The second kappa shape index (κ2) is 8.47. The van der Waals surface area contributed by atoms with Crippen molar-refractivity contribution in [2.45, 2.75) is 44.9 Å². The van der Waals surface area contributed by atoms with Gasteiger partial charge in [0.15, 0.2) is 5.82 Å². The zero-order chi connectivity index (χ0) is 21.2. The van der Waals surface area contributed by atoms with Gasteiger partial charge in [-0.05, 0) is 28.8 Å². The van der Waals surface area contributed by atoms with Gasteiger partial charge in [-0.15, -0.1) is 10.2 Å². The number of hydrogen-bond acceptors (Lipinski definition) is 5. The second-order valence-corrected chi connectivity index (χ2v) is 8.27. The predicted octanol–water partition coefficient (Wildman–Crippen LogP) is 1.38. The van der Waals surface area contributed by atoms with Crippen LogP contribution in [0.5, 0.6) is 0 Å².